The third-order valence-electron chi connectivity index (χ3n) is 4.16. The van der Waals surface area contributed by atoms with Crippen LogP contribution >= 0.6 is 11.3 Å². The smallest absolute Gasteiger partial charge is 0.213 e. The van der Waals surface area contributed by atoms with Gasteiger partial charge in [-0.15, -0.1) is 11.3 Å². The summed E-state index contributed by atoms with van der Waals surface area (Å²) < 4.78 is 0. The number of amides is 1. The van der Waals surface area contributed by atoms with Crippen molar-refractivity contribution in [3.8, 4) is 10.7 Å². The van der Waals surface area contributed by atoms with Crippen molar-refractivity contribution in [2.45, 2.75) is 12.8 Å². The van der Waals surface area contributed by atoms with Crippen molar-refractivity contribution in [2.75, 3.05) is 32.1 Å². The van der Waals surface area contributed by atoms with Crippen LogP contribution in [-0.4, -0.2) is 48.5 Å². The predicted octanol–water partition coefficient (Wildman–Crippen LogP) is 3.60. The number of nitrogens with zero attached hydrogens (tertiary/aromatic N) is 3. The van der Waals surface area contributed by atoms with Gasteiger partial charge in [-0.3, -0.25) is 4.79 Å². The number of hydrogen-bond donors (Lipinski definition) is 1. The first-order valence-corrected chi connectivity index (χ1v) is 8.95. The van der Waals surface area contributed by atoms with Gasteiger partial charge in [0.25, 0.3) is 0 Å². The first-order valence-electron chi connectivity index (χ1n) is 8.07. The number of nitrogens with one attached hydrogen (secondary N) is 1. The largest absolute Gasteiger partial charge is 0.351 e. The Labute approximate surface area is 145 Å². The molecule has 0 radical (unpaired) electrons. The summed E-state index contributed by atoms with van der Waals surface area (Å²) in [6, 6.07) is 7.93. The van der Waals surface area contributed by atoms with Gasteiger partial charge in [0.05, 0.1) is 16.9 Å². The van der Waals surface area contributed by atoms with Crippen molar-refractivity contribution in [2.24, 2.45) is 0 Å². The fourth-order valence-corrected chi connectivity index (χ4v) is 3.45. The number of hydrogen-bond acceptors (Lipinski definition) is 4. The Kier molecular flexibility index (Phi) is 5.27. The van der Waals surface area contributed by atoms with Gasteiger partial charge in [-0.05, 0) is 45.1 Å². The number of aromatic nitrogens is 2. The van der Waals surface area contributed by atoms with Crippen LogP contribution in [0, 0.1) is 0 Å². The third kappa shape index (κ3) is 3.66. The summed E-state index contributed by atoms with van der Waals surface area (Å²) in [5.41, 5.74) is 2.80. The lowest BCUT2D eigenvalue weighted by molar-refractivity contribution is -0.107. The summed E-state index contributed by atoms with van der Waals surface area (Å²) in [5, 5.41) is 3.97. The van der Waals surface area contributed by atoms with E-state index < -0.39 is 0 Å². The highest BCUT2D eigenvalue weighted by Gasteiger charge is 2.10. The summed E-state index contributed by atoms with van der Waals surface area (Å²) in [4.78, 5) is 22.4. The second-order valence-corrected chi connectivity index (χ2v) is 6.88. The Hall–Kier alpha value is -2.18. The number of anilines is 1. The number of carbonyl (C=O) groups is 1. The van der Waals surface area contributed by atoms with Crippen molar-refractivity contribution in [1.29, 1.82) is 0 Å². The molecule has 1 saturated heterocycles. The Bertz CT molecular complexity index is 791. The molecule has 1 aliphatic rings. The van der Waals surface area contributed by atoms with E-state index in [2.05, 4.69) is 28.0 Å². The second-order valence-electron chi connectivity index (χ2n) is 5.99. The zero-order valence-corrected chi connectivity index (χ0v) is 14.8. The van der Waals surface area contributed by atoms with Gasteiger partial charge in [0.15, 0.2) is 0 Å². The maximum Gasteiger partial charge on any atom is 0.213 e. The van der Waals surface area contributed by atoms with Crippen LogP contribution in [0.1, 0.15) is 12.8 Å². The molecule has 3 aromatic rings. The van der Waals surface area contributed by atoms with Crippen LogP contribution < -0.4 is 4.90 Å². The summed E-state index contributed by atoms with van der Waals surface area (Å²) >= 11 is 1.59. The topological polar surface area (TPSA) is 52.2 Å². The Morgan fingerprint density at radius 2 is 2.12 bits per heavy atom. The molecule has 1 aromatic carbocycles. The molecular weight excluding hydrogens is 320 g/mol. The zero-order valence-electron chi connectivity index (χ0n) is 14.0. The van der Waals surface area contributed by atoms with Crippen LogP contribution in [0.2, 0.25) is 0 Å². The number of aromatic amines is 1. The van der Waals surface area contributed by atoms with E-state index >= 15 is 0 Å². The van der Waals surface area contributed by atoms with Crippen LogP contribution in [-0.2, 0) is 4.79 Å². The molecule has 24 heavy (non-hydrogen) atoms. The quantitative estimate of drug-likeness (QED) is 0.740. The minimum Gasteiger partial charge on any atom is -0.351 e. The van der Waals surface area contributed by atoms with E-state index in [9.17, 15) is 4.79 Å². The number of carbonyl (C=O) groups excluding carboxylic acids is 1. The molecule has 2 aromatic heterocycles. The highest BCUT2D eigenvalue weighted by Crippen LogP contribution is 2.30. The normalized spacial score (nSPS) is 14.4. The maximum atomic E-state index is 10.9. The van der Waals surface area contributed by atoms with Gasteiger partial charge >= 0.3 is 0 Å². The molecule has 1 amide bonds. The number of benzene rings is 1. The minimum atomic E-state index is 0.804. The summed E-state index contributed by atoms with van der Waals surface area (Å²) in [6.45, 7) is 2.64. The van der Waals surface area contributed by atoms with E-state index in [0.717, 1.165) is 33.7 Å². The molecule has 4 rings (SSSR count). The van der Waals surface area contributed by atoms with Crippen molar-refractivity contribution in [3.05, 3.63) is 35.8 Å². The van der Waals surface area contributed by atoms with Gasteiger partial charge in [-0.25, -0.2) is 4.98 Å². The van der Waals surface area contributed by atoms with Crippen molar-refractivity contribution in [3.63, 3.8) is 0 Å². The highest BCUT2D eigenvalue weighted by atomic mass is 32.1. The summed E-state index contributed by atoms with van der Waals surface area (Å²) in [6.07, 6.45) is 5.41. The van der Waals surface area contributed by atoms with Crippen LogP contribution in [0.15, 0.2) is 35.8 Å². The van der Waals surface area contributed by atoms with Gasteiger partial charge in [-0.1, -0.05) is 12.1 Å². The molecule has 0 saturated carbocycles. The molecule has 1 fully saturated rings. The average molecular weight is 342 g/mol. The predicted molar refractivity (Wildman–Crippen MR) is 101 cm³/mol. The van der Waals surface area contributed by atoms with Gasteiger partial charge in [-0.2, -0.15) is 0 Å². The van der Waals surface area contributed by atoms with E-state index in [1.54, 1.807) is 29.5 Å². The molecule has 0 bridgehead atoms. The number of thiazole rings is 1. The van der Waals surface area contributed by atoms with Gasteiger partial charge in [0, 0.05) is 24.0 Å². The number of H-pyrrole nitrogens is 1. The van der Waals surface area contributed by atoms with Gasteiger partial charge in [0.1, 0.15) is 5.01 Å². The average Bonchev–Trinajstić information content (AvgIpc) is 3.34. The maximum absolute atomic E-state index is 10.9. The van der Waals surface area contributed by atoms with Crippen LogP contribution in [0.25, 0.3) is 21.6 Å². The Morgan fingerprint density at radius 1 is 1.33 bits per heavy atom. The molecule has 0 unspecified atom stereocenters. The molecule has 1 N–H and O–H groups in total. The molecule has 6 heteroatoms. The molecule has 0 aliphatic carbocycles. The number of para-hydroxylation sites is 1. The Balaban J connectivity index is 0.000000238. The van der Waals surface area contributed by atoms with Crippen LogP contribution in [0.4, 0.5) is 5.69 Å². The van der Waals surface area contributed by atoms with Gasteiger partial charge < -0.3 is 14.8 Å². The lowest BCUT2D eigenvalue weighted by Gasteiger charge is -2.11. The monoisotopic (exact) mass is 342 g/mol. The lowest BCUT2D eigenvalue weighted by Crippen LogP contribution is -2.13. The molecule has 126 valence electrons. The van der Waals surface area contributed by atoms with Gasteiger partial charge in [0.2, 0.25) is 6.41 Å². The van der Waals surface area contributed by atoms with E-state index in [0.29, 0.717) is 0 Å². The van der Waals surface area contributed by atoms with E-state index in [1.807, 2.05) is 23.6 Å². The zero-order chi connectivity index (χ0) is 16.9. The molecule has 3 heterocycles. The Morgan fingerprint density at radius 3 is 2.71 bits per heavy atom. The number of rotatable bonds is 3. The standard InChI is InChI=1S/C13H11N3OS.C5H11N/c1-16(8-17)11-4-2-3-9-7-10(15-12(9)11)13-14-5-6-18-13;1-6-4-2-3-5-6/h2-8,15H,1H3;2-5H2,1H3. The molecule has 1 aliphatic heterocycles. The van der Waals surface area contributed by atoms with Crippen LogP contribution in [0.5, 0.6) is 0 Å². The van der Waals surface area contributed by atoms with Crippen molar-refractivity contribution in [1.82, 2.24) is 14.9 Å². The van der Waals surface area contributed by atoms with E-state index in [-0.39, 0.29) is 0 Å². The molecule has 5 nitrogen and oxygen atoms in total. The van der Waals surface area contributed by atoms with Crippen molar-refractivity contribution >= 4 is 34.3 Å². The number of fused-ring (bicyclic) bond motifs is 1. The van der Waals surface area contributed by atoms with E-state index in [1.165, 1.54) is 25.9 Å². The fourth-order valence-electron chi connectivity index (χ4n) is 2.84. The first kappa shape index (κ1) is 16.7. The SMILES string of the molecule is CN(C=O)c1cccc2cc(-c3nccs3)[nH]c12.CN1CCCC1. The molecule has 0 spiro atoms. The summed E-state index contributed by atoms with van der Waals surface area (Å²) in [5.74, 6) is 0. The summed E-state index contributed by atoms with van der Waals surface area (Å²) in [7, 11) is 3.92. The molecule has 0 atom stereocenters. The highest BCUT2D eigenvalue weighted by molar-refractivity contribution is 7.13. The van der Waals surface area contributed by atoms with E-state index in [4.69, 9.17) is 0 Å². The lowest BCUT2D eigenvalue weighted by atomic mass is 10.2. The third-order valence-corrected chi connectivity index (χ3v) is 4.97. The fraction of sp³-hybridized carbons (Fsp3) is 0.333. The first-order chi connectivity index (χ1) is 11.7. The van der Waals surface area contributed by atoms with Crippen molar-refractivity contribution < 1.29 is 4.79 Å². The second kappa shape index (κ2) is 7.59. The molecular formula is C18H22N4OS. The van der Waals surface area contributed by atoms with Crippen LogP contribution in [0.3, 0.4) is 0 Å². The minimum absolute atomic E-state index is 0.804. The number of likely N-dealkylation sites (tertiary alicyclic amines) is 1.